The van der Waals surface area contributed by atoms with Crippen LogP contribution in [0.2, 0.25) is 0 Å². The third-order valence-corrected chi connectivity index (χ3v) is 4.68. The first kappa shape index (κ1) is 16.6. The number of piperazine rings is 1. The van der Waals surface area contributed by atoms with Gasteiger partial charge in [-0.05, 0) is 36.5 Å². The fraction of sp³-hybridized carbons (Fsp3) is 0.647. The smallest absolute Gasteiger partial charge is 0.387 e. The number of alkyl halides is 2. The van der Waals surface area contributed by atoms with Gasteiger partial charge in [0.25, 0.3) is 0 Å². The third kappa shape index (κ3) is 4.40. The van der Waals surface area contributed by atoms with Gasteiger partial charge in [0.2, 0.25) is 0 Å². The predicted molar refractivity (Wildman–Crippen MR) is 83.8 cm³/mol. The first-order valence-electron chi connectivity index (χ1n) is 8.31. The average molecular weight is 326 g/mol. The summed E-state index contributed by atoms with van der Waals surface area (Å²) >= 11 is 0. The van der Waals surface area contributed by atoms with Crippen LogP contribution in [0.15, 0.2) is 24.3 Å². The van der Waals surface area contributed by atoms with Crippen LogP contribution in [-0.2, 0) is 4.74 Å². The monoisotopic (exact) mass is 326 g/mol. The highest BCUT2D eigenvalue weighted by Gasteiger charge is 2.31. The molecule has 0 aliphatic carbocycles. The molecule has 0 amide bonds. The molecule has 3 rings (SSSR count). The van der Waals surface area contributed by atoms with E-state index in [-0.39, 0.29) is 11.8 Å². The maximum atomic E-state index is 12.5. The van der Waals surface area contributed by atoms with Gasteiger partial charge in [-0.25, -0.2) is 0 Å². The van der Waals surface area contributed by atoms with Crippen LogP contribution in [0.25, 0.3) is 0 Å². The minimum absolute atomic E-state index is 0.238. The molecule has 1 atom stereocenters. The SMILES string of the molecule is FC(F)Oc1cccc([C@H](C2CCOCC2)N2CCNCC2)c1. The fourth-order valence-corrected chi connectivity index (χ4v) is 3.65. The molecule has 1 aromatic rings. The van der Waals surface area contributed by atoms with E-state index in [2.05, 4.69) is 15.0 Å². The van der Waals surface area contributed by atoms with Gasteiger partial charge in [0.05, 0.1) is 0 Å². The Hall–Kier alpha value is -1.24. The van der Waals surface area contributed by atoms with Crippen molar-refractivity contribution in [3.8, 4) is 5.75 Å². The number of hydrogen-bond donors (Lipinski definition) is 1. The number of hydrogen-bond acceptors (Lipinski definition) is 4. The molecule has 23 heavy (non-hydrogen) atoms. The summed E-state index contributed by atoms with van der Waals surface area (Å²) < 4.78 is 35.1. The Labute approximate surface area is 135 Å². The van der Waals surface area contributed by atoms with Gasteiger partial charge < -0.3 is 14.8 Å². The highest BCUT2D eigenvalue weighted by Crippen LogP contribution is 2.36. The van der Waals surface area contributed by atoms with Crippen molar-refractivity contribution in [1.29, 1.82) is 0 Å². The Morgan fingerprint density at radius 3 is 2.61 bits per heavy atom. The van der Waals surface area contributed by atoms with Crippen molar-refractivity contribution >= 4 is 0 Å². The molecule has 1 N–H and O–H groups in total. The van der Waals surface area contributed by atoms with Crippen LogP contribution in [0.4, 0.5) is 8.78 Å². The van der Waals surface area contributed by atoms with E-state index in [1.165, 1.54) is 0 Å². The van der Waals surface area contributed by atoms with E-state index in [0.29, 0.717) is 5.92 Å². The van der Waals surface area contributed by atoms with Crippen molar-refractivity contribution in [2.45, 2.75) is 25.5 Å². The van der Waals surface area contributed by atoms with Crippen molar-refractivity contribution in [1.82, 2.24) is 10.2 Å². The van der Waals surface area contributed by atoms with Crippen LogP contribution >= 0.6 is 0 Å². The summed E-state index contributed by atoms with van der Waals surface area (Å²) in [7, 11) is 0. The lowest BCUT2D eigenvalue weighted by atomic mass is 9.85. The van der Waals surface area contributed by atoms with Gasteiger partial charge in [-0.3, -0.25) is 4.90 Å². The zero-order valence-electron chi connectivity index (χ0n) is 13.2. The molecule has 0 bridgehead atoms. The average Bonchev–Trinajstić information content (AvgIpc) is 2.57. The Morgan fingerprint density at radius 2 is 1.91 bits per heavy atom. The molecule has 2 aliphatic heterocycles. The Balaban J connectivity index is 1.84. The van der Waals surface area contributed by atoms with E-state index in [1.807, 2.05) is 12.1 Å². The largest absolute Gasteiger partial charge is 0.435 e. The van der Waals surface area contributed by atoms with Gasteiger partial charge in [0, 0.05) is 45.4 Å². The van der Waals surface area contributed by atoms with Crippen LogP contribution in [0.3, 0.4) is 0 Å². The minimum Gasteiger partial charge on any atom is -0.435 e. The summed E-state index contributed by atoms with van der Waals surface area (Å²) in [5, 5.41) is 3.37. The van der Waals surface area contributed by atoms with E-state index < -0.39 is 6.61 Å². The first-order valence-corrected chi connectivity index (χ1v) is 8.31. The van der Waals surface area contributed by atoms with Gasteiger partial charge >= 0.3 is 6.61 Å². The fourth-order valence-electron chi connectivity index (χ4n) is 3.65. The summed E-state index contributed by atoms with van der Waals surface area (Å²) in [6.45, 7) is 2.65. The molecular weight excluding hydrogens is 302 g/mol. The zero-order valence-corrected chi connectivity index (χ0v) is 13.2. The van der Waals surface area contributed by atoms with E-state index in [9.17, 15) is 8.78 Å². The topological polar surface area (TPSA) is 33.7 Å². The molecule has 2 heterocycles. The summed E-state index contributed by atoms with van der Waals surface area (Å²) in [6, 6.07) is 7.44. The molecule has 0 spiro atoms. The maximum Gasteiger partial charge on any atom is 0.387 e. The first-order chi connectivity index (χ1) is 11.2. The van der Waals surface area contributed by atoms with Crippen LogP contribution in [0.1, 0.15) is 24.4 Å². The van der Waals surface area contributed by atoms with Crippen LogP contribution in [0.5, 0.6) is 5.75 Å². The summed E-state index contributed by atoms with van der Waals surface area (Å²) in [4.78, 5) is 2.47. The van der Waals surface area contributed by atoms with Gasteiger partial charge in [0.15, 0.2) is 0 Å². The number of nitrogens with zero attached hydrogens (tertiary/aromatic N) is 1. The van der Waals surface area contributed by atoms with Gasteiger partial charge in [-0.1, -0.05) is 12.1 Å². The van der Waals surface area contributed by atoms with Gasteiger partial charge in [-0.2, -0.15) is 8.78 Å². The third-order valence-electron chi connectivity index (χ3n) is 4.68. The van der Waals surface area contributed by atoms with E-state index >= 15 is 0 Å². The van der Waals surface area contributed by atoms with Crippen molar-refractivity contribution in [2.75, 3.05) is 39.4 Å². The normalized spacial score (nSPS) is 22.2. The number of rotatable bonds is 5. The van der Waals surface area contributed by atoms with Crippen molar-refractivity contribution in [2.24, 2.45) is 5.92 Å². The minimum atomic E-state index is -2.79. The van der Waals surface area contributed by atoms with E-state index in [1.54, 1.807) is 12.1 Å². The molecule has 0 aromatic heterocycles. The summed E-state index contributed by atoms with van der Waals surface area (Å²) in [5.41, 5.74) is 1.07. The standard InChI is InChI=1S/C17H24F2N2O2/c18-17(19)23-15-3-1-2-14(12-15)16(13-4-10-22-11-5-13)21-8-6-20-7-9-21/h1-3,12-13,16-17,20H,4-11H2/t16-/m0/s1. The highest BCUT2D eigenvalue weighted by molar-refractivity contribution is 5.31. The summed E-state index contributed by atoms with van der Waals surface area (Å²) in [6.07, 6.45) is 2.02. The van der Waals surface area contributed by atoms with Crippen molar-refractivity contribution in [3.63, 3.8) is 0 Å². The molecule has 0 saturated carbocycles. The highest BCUT2D eigenvalue weighted by atomic mass is 19.3. The summed E-state index contributed by atoms with van der Waals surface area (Å²) in [5.74, 6) is 0.730. The second-order valence-electron chi connectivity index (χ2n) is 6.13. The lowest BCUT2D eigenvalue weighted by Gasteiger charge is -2.41. The molecule has 6 heteroatoms. The molecule has 1 aromatic carbocycles. The lowest BCUT2D eigenvalue weighted by molar-refractivity contribution is -0.0500. The van der Waals surface area contributed by atoms with Crippen molar-refractivity contribution in [3.05, 3.63) is 29.8 Å². The van der Waals surface area contributed by atoms with Gasteiger partial charge in [-0.15, -0.1) is 0 Å². The van der Waals surface area contributed by atoms with E-state index in [4.69, 9.17) is 4.74 Å². The van der Waals surface area contributed by atoms with Crippen LogP contribution in [-0.4, -0.2) is 50.9 Å². The molecule has 2 fully saturated rings. The maximum absolute atomic E-state index is 12.5. The number of benzene rings is 1. The molecule has 0 radical (unpaired) electrons. The quantitative estimate of drug-likeness (QED) is 0.902. The lowest BCUT2D eigenvalue weighted by Crippen LogP contribution is -2.47. The van der Waals surface area contributed by atoms with Crippen LogP contribution < -0.4 is 10.1 Å². The Bertz CT molecular complexity index is 471. The van der Waals surface area contributed by atoms with E-state index in [0.717, 1.165) is 57.8 Å². The number of ether oxygens (including phenoxy) is 2. The second kappa shape index (κ2) is 8.04. The molecule has 4 nitrogen and oxygen atoms in total. The molecule has 128 valence electrons. The Morgan fingerprint density at radius 1 is 1.17 bits per heavy atom. The Kier molecular flexibility index (Phi) is 5.80. The van der Waals surface area contributed by atoms with Crippen molar-refractivity contribution < 1.29 is 18.3 Å². The molecule has 2 aliphatic rings. The number of halogens is 2. The predicted octanol–water partition coefficient (Wildman–Crippen LogP) is 2.66. The molecular formula is C17H24F2N2O2. The number of nitrogens with one attached hydrogen (secondary N) is 1. The molecule has 0 unspecified atom stereocenters. The molecule has 2 saturated heterocycles. The van der Waals surface area contributed by atoms with Gasteiger partial charge in [0.1, 0.15) is 5.75 Å². The zero-order chi connectivity index (χ0) is 16.1. The second-order valence-corrected chi connectivity index (χ2v) is 6.13. The van der Waals surface area contributed by atoms with Crippen LogP contribution in [0, 0.1) is 5.92 Å².